The average molecular weight is 333 g/mol. The summed E-state index contributed by atoms with van der Waals surface area (Å²) < 4.78 is 5.48. The maximum atomic E-state index is 12.2. The third-order valence-corrected chi connectivity index (χ3v) is 2.85. The van der Waals surface area contributed by atoms with E-state index in [0.717, 1.165) is 0 Å². The molecular formula is C11H17BrN4O3. The molecule has 106 valence electrons. The molecule has 19 heavy (non-hydrogen) atoms. The van der Waals surface area contributed by atoms with Crippen LogP contribution in [0.4, 0.5) is 5.82 Å². The summed E-state index contributed by atoms with van der Waals surface area (Å²) >= 11 is 3.25. The third-order valence-electron chi connectivity index (χ3n) is 2.41. The lowest BCUT2D eigenvalue weighted by Gasteiger charge is -2.21. The first-order chi connectivity index (χ1) is 8.99. The van der Waals surface area contributed by atoms with E-state index in [9.17, 15) is 9.90 Å². The number of hydrogen-bond donors (Lipinski definition) is 3. The molecule has 0 fully saturated rings. The number of rotatable bonds is 6. The van der Waals surface area contributed by atoms with Gasteiger partial charge in [0.25, 0.3) is 5.91 Å². The van der Waals surface area contributed by atoms with Crippen molar-refractivity contribution < 1.29 is 14.6 Å². The van der Waals surface area contributed by atoms with Gasteiger partial charge in [0.05, 0.1) is 18.3 Å². The number of nitrogen functional groups attached to an aromatic ring is 1. The number of nitrogens with two attached hydrogens (primary N) is 1. The van der Waals surface area contributed by atoms with Gasteiger partial charge in [-0.05, 0) is 22.0 Å². The van der Waals surface area contributed by atoms with Crippen molar-refractivity contribution in [3.63, 3.8) is 0 Å². The number of aliphatic hydroxyl groups excluding tert-OH is 1. The van der Waals surface area contributed by atoms with E-state index in [2.05, 4.69) is 26.3 Å². The maximum Gasteiger partial charge on any atom is 0.257 e. The first kappa shape index (κ1) is 15.8. The molecular weight excluding hydrogens is 316 g/mol. The zero-order chi connectivity index (χ0) is 14.4. The van der Waals surface area contributed by atoms with Crippen molar-refractivity contribution in [3.05, 3.63) is 22.3 Å². The molecule has 0 aliphatic rings. The largest absolute Gasteiger partial charge is 0.389 e. The molecule has 1 atom stereocenters. The molecule has 1 rings (SSSR count). The van der Waals surface area contributed by atoms with Gasteiger partial charge in [0, 0.05) is 31.4 Å². The number of carbonyl (C=O) groups excluding carboxylic acids is 1. The van der Waals surface area contributed by atoms with Crippen LogP contribution in [-0.2, 0) is 4.74 Å². The van der Waals surface area contributed by atoms with Gasteiger partial charge in [-0.3, -0.25) is 4.79 Å². The fourth-order valence-electron chi connectivity index (χ4n) is 1.57. The molecule has 1 amide bonds. The topological polar surface area (TPSA) is 101 Å². The number of anilines is 1. The number of amides is 1. The monoisotopic (exact) mass is 332 g/mol. The van der Waals surface area contributed by atoms with Crippen molar-refractivity contribution >= 4 is 27.7 Å². The van der Waals surface area contributed by atoms with E-state index in [0.29, 0.717) is 10.0 Å². The van der Waals surface area contributed by atoms with E-state index < -0.39 is 6.10 Å². The van der Waals surface area contributed by atoms with E-state index >= 15 is 0 Å². The quantitative estimate of drug-likeness (QED) is 0.508. The van der Waals surface area contributed by atoms with Crippen molar-refractivity contribution in [1.82, 2.24) is 9.88 Å². The first-order valence-corrected chi connectivity index (χ1v) is 6.33. The van der Waals surface area contributed by atoms with Crippen LogP contribution in [0.2, 0.25) is 0 Å². The summed E-state index contributed by atoms with van der Waals surface area (Å²) in [7, 11) is 3.07. The molecule has 0 aromatic carbocycles. The van der Waals surface area contributed by atoms with Crippen LogP contribution < -0.4 is 11.3 Å². The highest BCUT2D eigenvalue weighted by Gasteiger charge is 2.19. The Balaban J connectivity index is 2.84. The van der Waals surface area contributed by atoms with Gasteiger partial charge in [-0.25, -0.2) is 10.8 Å². The number of pyridine rings is 1. The number of nitrogens with zero attached hydrogens (tertiary/aromatic N) is 2. The lowest BCUT2D eigenvalue weighted by atomic mass is 10.2. The van der Waals surface area contributed by atoms with Gasteiger partial charge in [0.15, 0.2) is 5.82 Å². The number of carbonyl (C=O) groups is 1. The molecule has 8 heteroatoms. The zero-order valence-corrected chi connectivity index (χ0v) is 12.3. The molecule has 1 aromatic rings. The fraction of sp³-hybridized carbons (Fsp3) is 0.455. The molecule has 7 nitrogen and oxygen atoms in total. The van der Waals surface area contributed by atoms with Gasteiger partial charge in [-0.1, -0.05) is 0 Å². The van der Waals surface area contributed by atoms with Gasteiger partial charge < -0.3 is 20.2 Å². The summed E-state index contributed by atoms with van der Waals surface area (Å²) in [5.74, 6) is 5.30. The van der Waals surface area contributed by atoms with Crippen LogP contribution in [0.1, 0.15) is 10.4 Å². The van der Waals surface area contributed by atoms with Crippen molar-refractivity contribution in [1.29, 1.82) is 0 Å². The molecule has 0 aliphatic carbocycles. The molecule has 1 unspecified atom stereocenters. The summed E-state index contributed by atoms with van der Waals surface area (Å²) in [6.45, 7) is 0.319. The van der Waals surface area contributed by atoms with Gasteiger partial charge in [-0.15, -0.1) is 0 Å². The number of nitrogens with one attached hydrogen (secondary N) is 1. The summed E-state index contributed by atoms with van der Waals surface area (Å²) in [5, 5.41) is 9.61. The minimum absolute atomic E-state index is 0.156. The van der Waals surface area contributed by atoms with Gasteiger partial charge in [0.2, 0.25) is 0 Å². The molecule has 0 bridgehead atoms. The highest BCUT2D eigenvalue weighted by molar-refractivity contribution is 9.10. The van der Waals surface area contributed by atoms with Crippen LogP contribution in [0.3, 0.4) is 0 Å². The Morgan fingerprint density at radius 3 is 3.00 bits per heavy atom. The fourth-order valence-corrected chi connectivity index (χ4v) is 1.90. The second kappa shape index (κ2) is 7.39. The first-order valence-electron chi connectivity index (χ1n) is 5.54. The lowest BCUT2D eigenvalue weighted by molar-refractivity contribution is 0.0380. The number of aromatic nitrogens is 1. The Hall–Kier alpha value is -1.22. The molecule has 0 aliphatic heterocycles. The number of hydrogen-bond acceptors (Lipinski definition) is 6. The van der Waals surface area contributed by atoms with E-state index in [1.807, 2.05) is 0 Å². The molecule has 1 aromatic heterocycles. The number of aliphatic hydroxyl groups is 1. The summed E-state index contributed by atoms with van der Waals surface area (Å²) in [6.07, 6.45) is 0.791. The predicted molar refractivity (Wildman–Crippen MR) is 74.6 cm³/mol. The molecule has 0 spiro atoms. The van der Waals surface area contributed by atoms with Crippen LogP contribution in [0.5, 0.6) is 0 Å². The molecule has 4 N–H and O–H groups in total. The summed E-state index contributed by atoms with van der Waals surface area (Å²) in [4.78, 5) is 17.6. The highest BCUT2D eigenvalue weighted by atomic mass is 79.9. The number of likely N-dealkylation sites (N-methyl/N-ethyl adjacent to an activating group) is 1. The normalized spacial score (nSPS) is 12.1. The third kappa shape index (κ3) is 4.43. The second-order valence-electron chi connectivity index (χ2n) is 3.99. The van der Waals surface area contributed by atoms with Gasteiger partial charge >= 0.3 is 0 Å². The Bertz CT molecular complexity index is 444. The average Bonchev–Trinajstić information content (AvgIpc) is 2.37. The van der Waals surface area contributed by atoms with Crippen LogP contribution >= 0.6 is 15.9 Å². The van der Waals surface area contributed by atoms with Gasteiger partial charge in [0.1, 0.15) is 0 Å². The van der Waals surface area contributed by atoms with Crippen molar-refractivity contribution in [2.24, 2.45) is 5.84 Å². The van der Waals surface area contributed by atoms with Crippen molar-refractivity contribution in [3.8, 4) is 0 Å². The Labute approximate surface area is 119 Å². The van der Waals surface area contributed by atoms with Crippen molar-refractivity contribution in [2.45, 2.75) is 6.10 Å². The molecule has 0 radical (unpaired) electrons. The Morgan fingerprint density at radius 1 is 1.74 bits per heavy atom. The van der Waals surface area contributed by atoms with E-state index in [1.165, 1.54) is 18.2 Å². The van der Waals surface area contributed by atoms with Crippen LogP contribution in [0.15, 0.2) is 16.7 Å². The summed E-state index contributed by atoms with van der Waals surface area (Å²) in [6, 6.07) is 1.61. The number of methoxy groups -OCH3 is 1. The van der Waals surface area contributed by atoms with E-state index in [4.69, 9.17) is 10.6 Å². The number of ether oxygens (including phenoxy) is 1. The van der Waals surface area contributed by atoms with Crippen LogP contribution in [0, 0.1) is 0 Å². The standard InChI is InChI=1S/C11H17BrN4O3/c1-16(5-8(17)6-19-2)11(18)9-3-7(12)4-14-10(9)15-13/h3-4,8,17H,5-6,13H2,1-2H3,(H,14,15). The minimum Gasteiger partial charge on any atom is -0.389 e. The second-order valence-corrected chi connectivity index (χ2v) is 4.90. The van der Waals surface area contributed by atoms with Gasteiger partial charge in [-0.2, -0.15) is 0 Å². The molecule has 1 heterocycles. The van der Waals surface area contributed by atoms with E-state index in [-0.39, 0.29) is 24.9 Å². The van der Waals surface area contributed by atoms with Crippen molar-refractivity contribution in [2.75, 3.05) is 32.7 Å². The highest BCUT2D eigenvalue weighted by Crippen LogP contribution is 2.18. The number of hydrazine groups is 1. The Kier molecular flexibility index (Phi) is 6.16. The summed E-state index contributed by atoms with van der Waals surface area (Å²) in [5.41, 5.74) is 2.69. The predicted octanol–water partition coefficient (Wildman–Crippen LogP) is 0.209. The molecule has 0 saturated carbocycles. The minimum atomic E-state index is -0.742. The van der Waals surface area contributed by atoms with Crippen LogP contribution in [0.25, 0.3) is 0 Å². The zero-order valence-electron chi connectivity index (χ0n) is 10.8. The Morgan fingerprint density at radius 2 is 2.42 bits per heavy atom. The SMILES string of the molecule is COCC(O)CN(C)C(=O)c1cc(Br)cnc1NN. The van der Waals surface area contributed by atoms with Crippen LogP contribution in [-0.4, -0.2) is 54.3 Å². The van der Waals surface area contributed by atoms with E-state index in [1.54, 1.807) is 13.1 Å². The maximum absolute atomic E-state index is 12.2. The smallest absolute Gasteiger partial charge is 0.257 e. The molecule has 0 saturated heterocycles. The lowest BCUT2D eigenvalue weighted by Crippen LogP contribution is -2.36. The number of halogens is 1.